The van der Waals surface area contributed by atoms with E-state index in [9.17, 15) is 9.59 Å². The van der Waals surface area contributed by atoms with Gasteiger partial charge in [0.25, 0.3) is 0 Å². The van der Waals surface area contributed by atoms with Crippen LogP contribution in [0.3, 0.4) is 0 Å². The van der Waals surface area contributed by atoms with Gasteiger partial charge in [0.2, 0.25) is 0 Å². The van der Waals surface area contributed by atoms with Gasteiger partial charge in [-0.15, -0.1) is 0 Å². The van der Waals surface area contributed by atoms with Crippen molar-refractivity contribution in [1.82, 2.24) is 0 Å². The molecular formula is C18H18O4. The molecule has 0 aliphatic rings. The minimum atomic E-state index is -0.507. The summed E-state index contributed by atoms with van der Waals surface area (Å²) in [4.78, 5) is 23.7. The van der Waals surface area contributed by atoms with Gasteiger partial charge in [0.05, 0.1) is 14.2 Å². The Kier molecular flexibility index (Phi) is 5.31. The lowest BCUT2D eigenvalue weighted by Crippen LogP contribution is -2.09. The number of carbonyl (C=O) groups excluding carboxylic acids is 2. The molecule has 0 bridgehead atoms. The van der Waals surface area contributed by atoms with Crippen LogP contribution in [0, 0.1) is 0 Å². The van der Waals surface area contributed by atoms with E-state index in [2.05, 4.69) is 0 Å². The van der Waals surface area contributed by atoms with Gasteiger partial charge in [-0.05, 0) is 17.7 Å². The summed E-state index contributed by atoms with van der Waals surface area (Å²) in [5, 5.41) is 0. The number of ketones is 1. The van der Waals surface area contributed by atoms with Crippen molar-refractivity contribution in [3.05, 3.63) is 59.7 Å². The first kappa shape index (κ1) is 15.8. The number of Topliss-reactive ketones (excluding diaryl/α,β-unsaturated/α-hetero) is 1. The lowest BCUT2D eigenvalue weighted by Gasteiger charge is -2.13. The number of benzene rings is 2. The first-order chi connectivity index (χ1) is 10.7. The number of rotatable bonds is 7. The van der Waals surface area contributed by atoms with Crippen molar-refractivity contribution in [2.45, 2.75) is 12.3 Å². The third-order valence-corrected chi connectivity index (χ3v) is 3.50. The molecule has 22 heavy (non-hydrogen) atoms. The van der Waals surface area contributed by atoms with Crippen LogP contribution in [0.4, 0.5) is 0 Å². The zero-order chi connectivity index (χ0) is 15.9. The molecule has 2 aromatic carbocycles. The maximum absolute atomic E-state index is 12.3. The molecule has 0 saturated heterocycles. The van der Waals surface area contributed by atoms with Gasteiger partial charge < -0.3 is 14.3 Å². The fourth-order valence-electron chi connectivity index (χ4n) is 2.27. The molecule has 2 rings (SSSR count). The Bertz CT molecular complexity index is 649. The highest BCUT2D eigenvalue weighted by molar-refractivity contribution is 5.98. The molecule has 4 heteroatoms. The molecule has 1 atom stereocenters. The van der Waals surface area contributed by atoms with E-state index in [1.807, 2.05) is 6.07 Å². The summed E-state index contributed by atoms with van der Waals surface area (Å²) in [5.41, 5.74) is 1.34. The number of carbonyl (C=O) groups is 2. The standard InChI is InChI=1S/C18H18O4/c1-21-17-9-8-14(11-18(17)22-2)15(12-19)10-16(20)13-6-4-3-5-7-13/h3-9,11-12,15H,10H2,1-2H3. The second-order valence-corrected chi connectivity index (χ2v) is 4.85. The molecule has 2 aromatic rings. The van der Waals surface area contributed by atoms with Crippen LogP contribution < -0.4 is 9.47 Å². The van der Waals surface area contributed by atoms with Gasteiger partial charge in [-0.3, -0.25) is 4.79 Å². The normalized spacial score (nSPS) is 11.5. The minimum Gasteiger partial charge on any atom is -0.493 e. The second kappa shape index (κ2) is 7.41. The van der Waals surface area contributed by atoms with E-state index >= 15 is 0 Å². The Morgan fingerprint density at radius 2 is 1.73 bits per heavy atom. The Morgan fingerprint density at radius 1 is 1.05 bits per heavy atom. The van der Waals surface area contributed by atoms with Gasteiger partial charge in [-0.2, -0.15) is 0 Å². The summed E-state index contributed by atoms with van der Waals surface area (Å²) in [6, 6.07) is 14.2. The molecule has 0 spiro atoms. The Labute approximate surface area is 129 Å². The van der Waals surface area contributed by atoms with Gasteiger partial charge in [0.1, 0.15) is 6.29 Å². The van der Waals surface area contributed by atoms with Crippen LogP contribution in [0.15, 0.2) is 48.5 Å². The van der Waals surface area contributed by atoms with E-state index < -0.39 is 5.92 Å². The molecule has 0 N–H and O–H groups in total. The average Bonchev–Trinajstić information content (AvgIpc) is 2.59. The van der Waals surface area contributed by atoms with Gasteiger partial charge in [0, 0.05) is 17.9 Å². The number of aldehydes is 1. The van der Waals surface area contributed by atoms with E-state index in [0.29, 0.717) is 17.1 Å². The fraction of sp³-hybridized carbons (Fsp3) is 0.222. The monoisotopic (exact) mass is 298 g/mol. The first-order valence-corrected chi connectivity index (χ1v) is 6.95. The maximum atomic E-state index is 12.3. The molecule has 1 unspecified atom stereocenters. The molecule has 0 fully saturated rings. The third kappa shape index (κ3) is 3.52. The molecule has 114 valence electrons. The predicted octanol–water partition coefficient (Wildman–Crippen LogP) is 3.26. The molecule has 0 aliphatic heterocycles. The van der Waals surface area contributed by atoms with Crippen molar-refractivity contribution in [3.8, 4) is 11.5 Å². The van der Waals surface area contributed by atoms with Gasteiger partial charge >= 0.3 is 0 Å². The van der Waals surface area contributed by atoms with E-state index in [0.717, 1.165) is 11.8 Å². The maximum Gasteiger partial charge on any atom is 0.163 e. The molecule has 0 radical (unpaired) electrons. The summed E-state index contributed by atoms with van der Waals surface area (Å²) in [7, 11) is 3.08. The largest absolute Gasteiger partial charge is 0.493 e. The molecule has 0 aromatic heterocycles. The Morgan fingerprint density at radius 3 is 2.32 bits per heavy atom. The Balaban J connectivity index is 2.21. The summed E-state index contributed by atoms with van der Waals surface area (Å²) in [5.74, 6) is 0.560. The number of methoxy groups -OCH3 is 2. The van der Waals surface area contributed by atoms with Crippen LogP contribution in [0.25, 0.3) is 0 Å². The summed E-state index contributed by atoms with van der Waals surface area (Å²) < 4.78 is 10.4. The van der Waals surface area contributed by atoms with Crippen molar-refractivity contribution in [3.63, 3.8) is 0 Å². The van der Waals surface area contributed by atoms with Crippen molar-refractivity contribution < 1.29 is 19.1 Å². The van der Waals surface area contributed by atoms with Crippen molar-refractivity contribution >= 4 is 12.1 Å². The third-order valence-electron chi connectivity index (χ3n) is 3.50. The van der Waals surface area contributed by atoms with Crippen molar-refractivity contribution in [2.75, 3.05) is 14.2 Å². The molecule has 0 saturated carbocycles. The molecule has 0 amide bonds. The lowest BCUT2D eigenvalue weighted by molar-refractivity contribution is -0.109. The van der Waals surface area contributed by atoms with Crippen LogP contribution in [0.2, 0.25) is 0 Å². The number of hydrogen-bond donors (Lipinski definition) is 0. The SMILES string of the molecule is COc1ccc(C(C=O)CC(=O)c2ccccc2)cc1OC. The van der Waals surface area contributed by atoms with Crippen LogP contribution in [0.5, 0.6) is 11.5 Å². The molecular weight excluding hydrogens is 280 g/mol. The van der Waals surface area contributed by atoms with Gasteiger partial charge in [-0.1, -0.05) is 36.4 Å². The van der Waals surface area contributed by atoms with Gasteiger partial charge in [-0.25, -0.2) is 0 Å². The quantitative estimate of drug-likeness (QED) is 0.581. The van der Waals surface area contributed by atoms with Crippen LogP contribution >= 0.6 is 0 Å². The average molecular weight is 298 g/mol. The molecule has 0 heterocycles. The fourth-order valence-corrected chi connectivity index (χ4v) is 2.27. The Hall–Kier alpha value is -2.62. The smallest absolute Gasteiger partial charge is 0.163 e. The highest BCUT2D eigenvalue weighted by atomic mass is 16.5. The van der Waals surface area contributed by atoms with Gasteiger partial charge in [0.15, 0.2) is 17.3 Å². The lowest BCUT2D eigenvalue weighted by atomic mass is 9.92. The minimum absolute atomic E-state index is 0.0625. The molecule has 0 aliphatic carbocycles. The summed E-state index contributed by atoms with van der Waals surface area (Å²) >= 11 is 0. The van der Waals surface area contributed by atoms with E-state index in [1.54, 1.807) is 49.6 Å². The summed E-state index contributed by atoms with van der Waals surface area (Å²) in [6.45, 7) is 0. The van der Waals surface area contributed by atoms with E-state index in [4.69, 9.17) is 9.47 Å². The zero-order valence-corrected chi connectivity index (χ0v) is 12.6. The van der Waals surface area contributed by atoms with E-state index in [-0.39, 0.29) is 12.2 Å². The first-order valence-electron chi connectivity index (χ1n) is 6.95. The van der Waals surface area contributed by atoms with Crippen molar-refractivity contribution in [1.29, 1.82) is 0 Å². The van der Waals surface area contributed by atoms with E-state index in [1.165, 1.54) is 7.11 Å². The highest BCUT2D eigenvalue weighted by Crippen LogP contribution is 2.31. The zero-order valence-electron chi connectivity index (χ0n) is 12.6. The van der Waals surface area contributed by atoms with Crippen LogP contribution in [-0.2, 0) is 4.79 Å². The number of ether oxygens (including phenoxy) is 2. The highest BCUT2D eigenvalue weighted by Gasteiger charge is 2.18. The summed E-state index contributed by atoms with van der Waals surface area (Å²) in [6.07, 6.45) is 0.922. The number of hydrogen-bond acceptors (Lipinski definition) is 4. The van der Waals surface area contributed by atoms with Crippen molar-refractivity contribution in [2.24, 2.45) is 0 Å². The predicted molar refractivity (Wildman–Crippen MR) is 83.7 cm³/mol. The van der Waals surface area contributed by atoms with Crippen LogP contribution in [0.1, 0.15) is 28.3 Å². The van der Waals surface area contributed by atoms with Crippen LogP contribution in [-0.4, -0.2) is 26.3 Å². The molecule has 4 nitrogen and oxygen atoms in total. The topological polar surface area (TPSA) is 52.6 Å². The second-order valence-electron chi connectivity index (χ2n) is 4.85.